The Labute approximate surface area is 170 Å². The first-order valence-corrected chi connectivity index (χ1v) is 9.77. The van der Waals surface area contributed by atoms with Crippen molar-refractivity contribution in [2.75, 3.05) is 37.7 Å². The maximum absolute atomic E-state index is 13.3. The minimum absolute atomic E-state index is 0.0505. The first-order chi connectivity index (χ1) is 14.0. The molecule has 2 amide bonds. The Hall–Kier alpha value is -2.59. The minimum atomic E-state index is -2.89. The Kier molecular flexibility index (Phi) is 5.01. The van der Waals surface area contributed by atoms with Gasteiger partial charge in [-0.25, -0.2) is 22.5 Å². The smallest absolute Gasteiger partial charge is 0.282 e. The van der Waals surface area contributed by atoms with Gasteiger partial charge in [0.25, 0.3) is 17.8 Å². The minimum Gasteiger partial charge on any atom is -0.476 e. The van der Waals surface area contributed by atoms with Crippen LogP contribution in [-0.2, 0) is 4.79 Å². The number of carbonyl (C=O) groups excluding carboxylic acids is 2. The van der Waals surface area contributed by atoms with Crippen LogP contribution in [0.2, 0.25) is 0 Å². The molecule has 3 aliphatic rings. The fraction of sp³-hybridized carbons (Fsp3) is 0.632. The molecule has 0 radical (unpaired) electrons. The second-order valence-corrected chi connectivity index (χ2v) is 8.23. The lowest BCUT2D eigenvalue weighted by molar-refractivity contribution is -0.167. The molecule has 1 aliphatic carbocycles. The molecule has 3 fully saturated rings. The number of alkyl halides is 4. The van der Waals surface area contributed by atoms with Crippen LogP contribution in [0.5, 0.6) is 5.88 Å². The summed E-state index contributed by atoms with van der Waals surface area (Å²) in [4.78, 5) is 31.2. The van der Waals surface area contributed by atoms with Crippen molar-refractivity contribution in [3.63, 3.8) is 0 Å². The van der Waals surface area contributed by atoms with E-state index in [2.05, 4.69) is 10.3 Å². The molecule has 7 nitrogen and oxygen atoms in total. The Morgan fingerprint density at radius 3 is 2.37 bits per heavy atom. The van der Waals surface area contributed by atoms with Crippen molar-refractivity contribution in [2.45, 2.75) is 37.7 Å². The lowest BCUT2D eigenvalue weighted by Gasteiger charge is -2.40. The molecule has 30 heavy (non-hydrogen) atoms. The molecule has 11 heteroatoms. The number of hydrogen-bond donors (Lipinski definition) is 1. The number of halogens is 4. The van der Waals surface area contributed by atoms with E-state index in [9.17, 15) is 27.2 Å². The molecule has 2 aliphatic heterocycles. The van der Waals surface area contributed by atoms with Crippen molar-refractivity contribution in [3.8, 4) is 5.88 Å². The number of amides is 2. The Morgan fingerprint density at radius 2 is 1.80 bits per heavy atom. The number of nitrogens with one attached hydrogen (secondary N) is 1. The van der Waals surface area contributed by atoms with E-state index in [1.807, 2.05) is 0 Å². The van der Waals surface area contributed by atoms with E-state index in [0.29, 0.717) is 18.2 Å². The summed E-state index contributed by atoms with van der Waals surface area (Å²) in [5.41, 5.74) is 0.329. The number of anilines is 1. The normalized spacial score (nSPS) is 22.6. The molecule has 4 rings (SSSR count). The van der Waals surface area contributed by atoms with Gasteiger partial charge in [-0.2, -0.15) is 0 Å². The molecule has 1 aromatic heterocycles. The molecular formula is C19H22F4N4O3. The van der Waals surface area contributed by atoms with Crippen molar-refractivity contribution < 1.29 is 31.9 Å². The van der Waals surface area contributed by atoms with Gasteiger partial charge in [0.15, 0.2) is 0 Å². The van der Waals surface area contributed by atoms with Crippen molar-refractivity contribution in [1.82, 2.24) is 15.2 Å². The Balaban J connectivity index is 1.42. The molecule has 1 saturated carbocycles. The lowest BCUT2D eigenvalue weighted by atomic mass is 10.1. The predicted octanol–water partition coefficient (Wildman–Crippen LogP) is 1.92. The highest BCUT2D eigenvalue weighted by Crippen LogP contribution is 2.38. The summed E-state index contributed by atoms with van der Waals surface area (Å²) in [7, 11) is 0. The van der Waals surface area contributed by atoms with Gasteiger partial charge in [-0.3, -0.25) is 9.59 Å². The van der Waals surface area contributed by atoms with Gasteiger partial charge in [-0.15, -0.1) is 0 Å². The van der Waals surface area contributed by atoms with Gasteiger partial charge >= 0.3 is 0 Å². The number of ether oxygens (including phenoxy) is 1. The van der Waals surface area contributed by atoms with Gasteiger partial charge in [-0.05, 0) is 37.8 Å². The summed E-state index contributed by atoms with van der Waals surface area (Å²) in [6.45, 7) is -0.458. The maximum Gasteiger partial charge on any atom is 0.282 e. The summed E-state index contributed by atoms with van der Waals surface area (Å²) >= 11 is 0. The molecule has 0 spiro atoms. The van der Waals surface area contributed by atoms with E-state index in [1.54, 1.807) is 0 Å². The SMILES string of the molecule is CC(NC(=O)c1ccc(N2CC(F)(F)C2)c(OCC2CC2)n1)C(=O)N1CC(F)(F)C1. The first kappa shape index (κ1) is 20.7. The number of likely N-dealkylation sites (tertiary alicyclic amines) is 1. The third kappa shape index (κ3) is 4.44. The number of rotatable bonds is 7. The summed E-state index contributed by atoms with van der Waals surface area (Å²) in [6.07, 6.45) is 2.04. The topological polar surface area (TPSA) is 74.8 Å². The fourth-order valence-corrected chi connectivity index (χ4v) is 3.34. The zero-order valence-corrected chi connectivity index (χ0v) is 16.3. The van der Waals surface area contributed by atoms with Crippen LogP contribution >= 0.6 is 0 Å². The number of pyridine rings is 1. The second-order valence-electron chi connectivity index (χ2n) is 8.23. The van der Waals surface area contributed by atoms with Crippen LogP contribution in [0, 0.1) is 5.92 Å². The summed E-state index contributed by atoms with van der Waals surface area (Å²) < 4.78 is 58.1. The van der Waals surface area contributed by atoms with Gasteiger partial charge in [0.1, 0.15) is 17.4 Å². The van der Waals surface area contributed by atoms with E-state index in [-0.39, 0.29) is 11.6 Å². The van der Waals surface area contributed by atoms with Crippen molar-refractivity contribution in [3.05, 3.63) is 17.8 Å². The Morgan fingerprint density at radius 1 is 1.17 bits per heavy atom. The molecule has 3 heterocycles. The van der Waals surface area contributed by atoms with E-state index in [0.717, 1.165) is 17.7 Å². The monoisotopic (exact) mass is 430 g/mol. The van der Waals surface area contributed by atoms with Crippen molar-refractivity contribution >= 4 is 17.5 Å². The van der Waals surface area contributed by atoms with Gasteiger partial charge in [0.2, 0.25) is 11.8 Å². The number of aromatic nitrogens is 1. The van der Waals surface area contributed by atoms with Crippen LogP contribution in [0.25, 0.3) is 0 Å². The standard InChI is InChI=1S/C19H22F4N4O3/c1-11(17(29)27-9-19(22,23)10-27)24-15(28)13-4-5-14(26-7-18(20,21)8-26)16(25-13)30-6-12-2-3-12/h4-5,11-12H,2-3,6-10H2,1H3,(H,24,28). The molecule has 2 saturated heterocycles. The highest BCUT2D eigenvalue weighted by atomic mass is 19.3. The van der Waals surface area contributed by atoms with Crippen LogP contribution in [0.1, 0.15) is 30.3 Å². The van der Waals surface area contributed by atoms with E-state index >= 15 is 0 Å². The van der Waals surface area contributed by atoms with E-state index in [4.69, 9.17) is 4.74 Å². The van der Waals surface area contributed by atoms with Crippen LogP contribution in [-0.4, -0.2) is 72.4 Å². The van der Waals surface area contributed by atoms with E-state index in [1.165, 1.54) is 24.0 Å². The van der Waals surface area contributed by atoms with Gasteiger partial charge in [0, 0.05) is 0 Å². The third-order valence-corrected chi connectivity index (χ3v) is 5.28. The largest absolute Gasteiger partial charge is 0.476 e. The summed E-state index contributed by atoms with van der Waals surface area (Å²) in [6, 6.07) is 1.84. The highest BCUT2D eigenvalue weighted by molar-refractivity contribution is 5.96. The van der Waals surface area contributed by atoms with Crippen molar-refractivity contribution in [2.24, 2.45) is 5.92 Å². The zero-order chi connectivity index (χ0) is 21.7. The molecule has 0 bridgehead atoms. The van der Waals surface area contributed by atoms with Gasteiger partial charge in [0.05, 0.1) is 32.8 Å². The molecule has 0 aromatic carbocycles. The Bertz CT molecular complexity index is 846. The quantitative estimate of drug-likeness (QED) is 0.670. The molecule has 164 valence electrons. The molecular weight excluding hydrogens is 408 g/mol. The lowest BCUT2D eigenvalue weighted by Crippen LogP contribution is -2.62. The zero-order valence-electron chi connectivity index (χ0n) is 16.3. The van der Waals surface area contributed by atoms with Crippen LogP contribution in [0.3, 0.4) is 0 Å². The van der Waals surface area contributed by atoms with Gasteiger partial charge in [-0.1, -0.05) is 0 Å². The second kappa shape index (κ2) is 7.28. The number of hydrogen-bond acceptors (Lipinski definition) is 5. The van der Waals surface area contributed by atoms with Crippen LogP contribution in [0.15, 0.2) is 12.1 Å². The molecule has 1 N–H and O–H groups in total. The number of carbonyl (C=O) groups is 2. The summed E-state index contributed by atoms with van der Waals surface area (Å²) in [5, 5.41) is 2.44. The molecule has 1 aromatic rings. The fourth-order valence-electron chi connectivity index (χ4n) is 3.34. The highest BCUT2D eigenvalue weighted by Gasteiger charge is 2.47. The average Bonchev–Trinajstić information content (AvgIpc) is 3.45. The van der Waals surface area contributed by atoms with E-state index < -0.39 is 55.9 Å². The average molecular weight is 430 g/mol. The predicted molar refractivity (Wildman–Crippen MR) is 98.1 cm³/mol. The van der Waals surface area contributed by atoms with Crippen molar-refractivity contribution in [1.29, 1.82) is 0 Å². The first-order valence-electron chi connectivity index (χ1n) is 9.77. The maximum atomic E-state index is 13.3. The molecule has 1 unspecified atom stereocenters. The molecule has 1 atom stereocenters. The third-order valence-electron chi connectivity index (χ3n) is 5.28. The van der Waals surface area contributed by atoms with Crippen LogP contribution in [0.4, 0.5) is 23.2 Å². The number of nitrogens with zero attached hydrogens (tertiary/aromatic N) is 3. The van der Waals surface area contributed by atoms with Gasteiger partial charge < -0.3 is 19.9 Å². The van der Waals surface area contributed by atoms with Crippen LogP contribution < -0.4 is 15.0 Å². The summed E-state index contributed by atoms with van der Waals surface area (Å²) in [5.74, 6) is -6.47.